The molecule has 2 fully saturated rings. The van der Waals surface area contributed by atoms with Crippen LogP contribution in [-0.4, -0.2) is 78.1 Å². The Balaban J connectivity index is 1.33. The minimum atomic E-state index is -4.38. The van der Waals surface area contributed by atoms with E-state index in [1.54, 1.807) is 30.2 Å². The molecule has 13 heteroatoms. The Bertz CT molecular complexity index is 1810. The highest BCUT2D eigenvalue weighted by Crippen LogP contribution is 2.66. The predicted octanol–water partition coefficient (Wildman–Crippen LogP) is 3.28. The zero-order chi connectivity index (χ0) is 31.0. The molecule has 1 amide bonds. The number of para-hydroxylation sites is 1. The molecule has 1 aromatic heterocycles. The van der Waals surface area contributed by atoms with Crippen molar-refractivity contribution in [2.45, 2.75) is 59.8 Å². The van der Waals surface area contributed by atoms with Gasteiger partial charge in [-0.25, -0.2) is 8.42 Å². The number of amides is 1. The van der Waals surface area contributed by atoms with Crippen molar-refractivity contribution in [2.75, 3.05) is 20.7 Å². The van der Waals surface area contributed by atoms with Crippen LogP contribution in [-0.2, 0) is 26.7 Å². The number of nitro groups is 1. The van der Waals surface area contributed by atoms with Crippen molar-refractivity contribution in [3.8, 4) is 11.5 Å². The number of aliphatic hydroxyl groups is 1. The molecule has 1 N–H and O–H groups in total. The Morgan fingerprint density at radius 2 is 2.02 bits per heavy atom. The predicted molar refractivity (Wildman–Crippen MR) is 157 cm³/mol. The number of likely N-dealkylation sites (N-methyl/N-ethyl adjacent to an activating group) is 1. The Hall–Kier alpha value is -4.20. The molecule has 3 heterocycles. The fraction of sp³-hybridized carbons (Fsp3) is 0.387. The van der Waals surface area contributed by atoms with Gasteiger partial charge in [-0.05, 0) is 55.5 Å². The van der Waals surface area contributed by atoms with E-state index in [0.717, 1.165) is 16.7 Å². The van der Waals surface area contributed by atoms with Crippen LogP contribution in [0.3, 0.4) is 0 Å². The van der Waals surface area contributed by atoms with E-state index in [-0.39, 0.29) is 31.7 Å². The maximum atomic E-state index is 14.2. The first-order chi connectivity index (χ1) is 21.0. The van der Waals surface area contributed by atoms with Crippen molar-refractivity contribution in [1.82, 2.24) is 9.21 Å². The van der Waals surface area contributed by atoms with E-state index >= 15 is 0 Å². The van der Waals surface area contributed by atoms with E-state index in [0.29, 0.717) is 17.9 Å². The maximum absolute atomic E-state index is 14.2. The number of sulfonamides is 1. The molecule has 3 aromatic rings. The number of carbonyl (C=O) groups excluding carboxylic acids is 1. The van der Waals surface area contributed by atoms with Crippen molar-refractivity contribution in [3.63, 3.8) is 0 Å². The second kappa shape index (κ2) is 9.91. The van der Waals surface area contributed by atoms with Gasteiger partial charge < -0.3 is 23.9 Å². The van der Waals surface area contributed by atoms with Gasteiger partial charge in [0.25, 0.3) is 5.69 Å². The summed E-state index contributed by atoms with van der Waals surface area (Å²) < 4.78 is 47.0. The molecule has 7 rings (SSSR count). The van der Waals surface area contributed by atoms with Crippen molar-refractivity contribution in [3.05, 3.63) is 87.9 Å². The minimum absolute atomic E-state index is 0.00206. The van der Waals surface area contributed by atoms with Gasteiger partial charge in [0, 0.05) is 36.9 Å². The quantitative estimate of drug-likeness (QED) is 0.238. The van der Waals surface area contributed by atoms with Gasteiger partial charge in [0.2, 0.25) is 15.9 Å². The molecule has 2 aromatic carbocycles. The number of ether oxygens (including phenoxy) is 2. The highest BCUT2D eigenvalue weighted by Gasteiger charge is 2.74. The summed E-state index contributed by atoms with van der Waals surface area (Å²) in [5, 5.41) is 24.6. The number of furan rings is 1. The van der Waals surface area contributed by atoms with Crippen LogP contribution in [0.2, 0.25) is 0 Å². The van der Waals surface area contributed by atoms with Gasteiger partial charge in [-0.1, -0.05) is 18.2 Å². The number of carbonyl (C=O) groups is 1. The van der Waals surface area contributed by atoms with Crippen LogP contribution in [0.1, 0.15) is 36.0 Å². The van der Waals surface area contributed by atoms with Crippen LogP contribution in [0.25, 0.3) is 6.08 Å². The van der Waals surface area contributed by atoms with E-state index < -0.39 is 54.7 Å². The molecule has 44 heavy (non-hydrogen) atoms. The van der Waals surface area contributed by atoms with Gasteiger partial charge >= 0.3 is 0 Å². The molecule has 5 atom stereocenters. The number of nitro benzene ring substituents is 1. The number of piperidine rings is 1. The van der Waals surface area contributed by atoms with Crippen molar-refractivity contribution in [2.24, 2.45) is 0 Å². The van der Waals surface area contributed by atoms with Gasteiger partial charge in [-0.3, -0.25) is 14.9 Å². The molecule has 2 aliphatic carbocycles. The molecule has 1 saturated heterocycles. The standard InChI is InChI=1S/C31H31N3O9S/c1-32(26(35)10-7-19-12-16-42-18-19)22-11-13-31(36)25-17-20-8-9-23(41-2)28-27(20)30(31,29(22)43-28)14-15-33(25)44(39,40)24-6-4-3-5-21(24)34(37)38/h3-10,12,16,18,22,25,29,36H,11,13-15,17H2,1-2H3/b10-7-/t22-,25-,29+,30+,31-/m1/s1. The Morgan fingerprint density at radius 1 is 1.23 bits per heavy atom. The van der Waals surface area contributed by atoms with Gasteiger partial charge in [-0.15, -0.1) is 0 Å². The topological polar surface area (TPSA) is 153 Å². The molecule has 1 saturated carbocycles. The Morgan fingerprint density at radius 3 is 2.75 bits per heavy atom. The number of rotatable bonds is 7. The largest absolute Gasteiger partial charge is 0.493 e. The summed E-state index contributed by atoms with van der Waals surface area (Å²) in [6, 6.07) is 9.29. The lowest BCUT2D eigenvalue weighted by molar-refractivity contribution is -0.387. The van der Waals surface area contributed by atoms with Crippen LogP contribution in [0.5, 0.6) is 11.5 Å². The first-order valence-electron chi connectivity index (χ1n) is 14.4. The molecule has 0 radical (unpaired) electrons. The van der Waals surface area contributed by atoms with Crippen LogP contribution in [0.15, 0.2) is 70.4 Å². The highest BCUT2D eigenvalue weighted by molar-refractivity contribution is 7.89. The van der Waals surface area contributed by atoms with E-state index in [1.807, 2.05) is 6.07 Å². The molecule has 0 unspecified atom stereocenters. The third-order valence-corrected chi connectivity index (χ3v) is 12.0. The van der Waals surface area contributed by atoms with E-state index in [4.69, 9.17) is 13.9 Å². The first-order valence-corrected chi connectivity index (χ1v) is 15.8. The average molecular weight is 622 g/mol. The normalized spacial score (nSPS) is 28.8. The molecule has 1 spiro atoms. The summed E-state index contributed by atoms with van der Waals surface area (Å²) in [6.07, 6.45) is 6.37. The lowest BCUT2D eigenvalue weighted by atomic mass is 9.48. The first kappa shape index (κ1) is 28.6. The van der Waals surface area contributed by atoms with Crippen LogP contribution in [0.4, 0.5) is 5.69 Å². The molecule has 230 valence electrons. The zero-order valence-electron chi connectivity index (χ0n) is 24.1. The number of nitrogens with zero attached hydrogens (tertiary/aromatic N) is 3. The third-order valence-electron chi connectivity index (χ3n) is 10.0. The smallest absolute Gasteiger partial charge is 0.289 e. The fourth-order valence-electron chi connectivity index (χ4n) is 8.09. The minimum Gasteiger partial charge on any atom is -0.493 e. The van der Waals surface area contributed by atoms with Gasteiger partial charge in [0.1, 0.15) is 6.10 Å². The Kier molecular flexibility index (Phi) is 6.43. The second-order valence-electron chi connectivity index (χ2n) is 11.8. The average Bonchev–Trinajstić information content (AvgIpc) is 3.65. The maximum Gasteiger partial charge on any atom is 0.289 e. The Labute approximate surface area is 253 Å². The molecule has 4 aliphatic rings. The van der Waals surface area contributed by atoms with Crippen LogP contribution in [0, 0.1) is 10.1 Å². The number of methoxy groups -OCH3 is 1. The van der Waals surface area contributed by atoms with Gasteiger partial charge in [0.05, 0.1) is 47.7 Å². The second-order valence-corrected chi connectivity index (χ2v) is 13.7. The summed E-state index contributed by atoms with van der Waals surface area (Å²) >= 11 is 0. The summed E-state index contributed by atoms with van der Waals surface area (Å²) in [5.74, 6) is 0.744. The van der Waals surface area contributed by atoms with Gasteiger partial charge in [0.15, 0.2) is 16.4 Å². The molecule has 2 bridgehead atoms. The van der Waals surface area contributed by atoms with E-state index in [1.165, 1.54) is 54.3 Å². The fourth-order valence-corrected chi connectivity index (χ4v) is 9.91. The number of hydrogen-bond acceptors (Lipinski definition) is 9. The molecular weight excluding hydrogens is 590 g/mol. The lowest BCUT2D eigenvalue weighted by Gasteiger charge is -2.64. The monoisotopic (exact) mass is 621 g/mol. The zero-order valence-corrected chi connectivity index (χ0v) is 24.9. The lowest BCUT2D eigenvalue weighted by Crippen LogP contribution is -2.78. The highest BCUT2D eigenvalue weighted by atomic mass is 32.2. The van der Waals surface area contributed by atoms with Crippen molar-refractivity contribution in [1.29, 1.82) is 0 Å². The summed E-state index contributed by atoms with van der Waals surface area (Å²) in [6.45, 7) is 0.00206. The molecule has 2 aliphatic heterocycles. The third kappa shape index (κ3) is 3.75. The summed E-state index contributed by atoms with van der Waals surface area (Å²) in [7, 11) is -1.15. The van der Waals surface area contributed by atoms with Crippen molar-refractivity contribution >= 4 is 27.7 Å². The van der Waals surface area contributed by atoms with Crippen LogP contribution < -0.4 is 9.47 Å². The number of hydrogen-bond donors (Lipinski definition) is 1. The van der Waals surface area contributed by atoms with Crippen LogP contribution >= 0.6 is 0 Å². The SMILES string of the molecule is COc1ccc2c3c1O[C@H]1[C@H](N(C)C(=O)/C=C\c4ccoc4)CC[C@@]4(O)[C@@H](C2)N(S(=O)(=O)c2ccccc2[N+](=O)[O-])CC[C@]314. The number of benzene rings is 2. The van der Waals surface area contributed by atoms with E-state index in [9.17, 15) is 28.4 Å². The van der Waals surface area contributed by atoms with Crippen molar-refractivity contribution < 1.29 is 37.1 Å². The molecular formula is C31H31N3O9S. The summed E-state index contributed by atoms with van der Waals surface area (Å²) in [4.78, 5) is 25.7. The van der Waals surface area contributed by atoms with Gasteiger partial charge in [-0.2, -0.15) is 4.31 Å². The molecule has 12 nitrogen and oxygen atoms in total. The summed E-state index contributed by atoms with van der Waals surface area (Å²) in [5.41, 5.74) is -0.792. The van der Waals surface area contributed by atoms with E-state index in [2.05, 4.69) is 0 Å².